The van der Waals surface area contributed by atoms with Crippen LogP contribution in [0.1, 0.15) is 37.2 Å². The number of aryl methyl sites for hydroxylation is 1. The maximum absolute atomic E-state index is 11.9. The second-order valence-electron chi connectivity index (χ2n) is 4.77. The molecule has 2 rings (SSSR count). The molecular formula is C13H21N3O2. The summed E-state index contributed by atoms with van der Waals surface area (Å²) in [5.74, 6) is 1.42. The van der Waals surface area contributed by atoms with E-state index in [2.05, 4.69) is 9.97 Å². The predicted octanol–water partition coefficient (Wildman–Crippen LogP) is 1.46. The maximum atomic E-state index is 11.9. The number of rotatable bonds is 4. The Balaban J connectivity index is 1.94. The van der Waals surface area contributed by atoms with Gasteiger partial charge in [-0.2, -0.15) is 0 Å². The van der Waals surface area contributed by atoms with Gasteiger partial charge in [-0.15, -0.1) is 0 Å². The summed E-state index contributed by atoms with van der Waals surface area (Å²) in [6.45, 7) is 6.26. The number of carbonyl (C=O) groups excluding carboxylic acids is 1. The topological polar surface area (TPSA) is 58.2 Å². The summed E-state index contributed by atoms with van der Waals surface area (Å²) in [4.78, 5) is 21.4. The van der Waals surface area contributed by atoms with Crippen molar-refractivity contribution in [2.45, 2.75) is 32.6 Å². The Morgan fingerprint density at radius 2 is 2.50 bits per heavy atom. The van der Waals surface area contributed by atoms with Crippen molar-refractivity contribution in [2.24, 2.45) is 0 Å². The van der Waals surface area contributed by atoms with E-state index in [4.69, 9.17) is 4.74 Å². The van der Waals surface area contributed by atoms with Gasteiger partial charge < -0.3 is 14.6 Å². The van der Waals surface area contributed by atoms with Crippen LogP contribution < -0.4 is 0 Å². The van der Waals surface area contributed by atoms with Crippen molar-refractivity contribution in [3.8, 4) is 0 Å². The number of likely N-dealkylation sites (tertiary alicyclic amines) is 1. The maximum Gasteiger partial charge on any atom is 0.248 e. The third-order valence-electron chi connectivity index (χ3n) is 3.31. The van der Waals surface area contributed by atoms with Crippen molar-refractivity contribution in [3.05, 3.63) is 17.7 Å². The first-order chi connectivity index (χ1) is 8.70. The molecule has 1 atom stereocenters. The Morgan fingerprint density at radius 1 is 1.67 bits per heavy atom. The Morgan fingerprint density at radius 3 is 3.17 bits per heavy atom. The molecule has 0 aromatic carbocycles. The van der Waals surface area contributed by atoms with Crippen LogP contribution in [-0.2, 0) is 9.53 Å². The van der Waals surface area contributed by atoms with Crippen LogP contribution in [0.3, 0.4) is 0 Å². The first kappa shape index (κ1) is 13.1. The van der Waals surface area contributed by atoms with E-state index >= 15 is 0 Å². The number of nitrogens with zero attached hydrogens (tertiary/aromatic N) is 2. The molecule has 2 heterocycles. The van der Waals surface area contributed by atoms with E-state index in [0.717, 1.165) is 37.4 Å². The summed E-state index contributed by atoms with van der Waals surface area (Å²) in [7, 11) is 0. The van der Waals surface area contributed by atoms with Crippen molar-refractivity contribution in [3.63, 3.8) is 0 Å². The molecule has 18 heavy (non-hydrogen) atoms. The van der Waals surface area contributed by atoms with Gasteiger partial charge in [0, 0.05) is 37.5 Å². The number of hydrogen-bond acceptors (Lipinski definition) is 3. The molecule has 1 N–H and O–H groups in total. The first-order valence-corrected chi connectivity index (χ1v) is 6.57. The zero-order valence-corrected chi connectivity index (χ0v) is 11.1. The zero-order valence-electron chi connectivity index (χ0n) is 11.1. The SMILES string of the molecule is CCOCC(=O)N1CCC[C@@H](c2ncc(C)[nH]2)C1. The summed E-state index contributed by atoms with van der Waals surface area (Å²) in [6, 6.07) is 0. The van der Waals surface area contributed by atoms with Crippen LogP contribution in [0.2, 0.25) is 0 Å². The van der Waals surface area contributed by atoms with Crippen molar-refractivity contribution in [2.75, 3.05) is 26.3 Å². The third kappa shape index (κ3) is 3.10. The lowest BCUT2D eigenvalue weighted by Crippen LogP contribution is -2.41. The summed E-state index contributed by atoms with van der Waals surface area (Å²) in [6.07, 6.45) is 3.96. The van der Waals surface area contributed by atoms with E-state index in [9.17, 15) is 4.79 Å². The number of nitrogens with one attached hydrogen (secondary N) is 1. The van der Waals surface area contributed by atoms with Gasteiger partial charge in [-0.1, -0.05) is 0 Å². The van der Waals surface area contributed by atoms with Gasteiger partial charge in [-0.05, 0) is 26.7 Å². The van der Waals surface area contributed by atoms with Crippen molar-refractivity contribution in [1.29, 1.82) is 0 Å². The number of imidazole rings is 1. The molecule has 1 aliphatic heterocycles. The van der Waals surface area contributed by atoms with E-state index in [1.165, 1.54) is 0 Å². The number of amides is 1. The van der Waals surface area contributed by atoms with E-state index in [1.54, 1.807) is 0 Å². The number of ether oxygens (including phenoxy) is 1. The zero-order chi connectivity index (χ0) is 13.0. The van der Waals surface area contributed by atoms with Gasteiger partial charge in [-0.3, -0.25) is 4.79 Å². The minimum absolute atomic E-state index is 0.0878. The second-order valence-corrected chi connectivity index (χ2v) is 4.77. The molecule has 0 aliphatic carbocycles. The van der Waals surface area contributed by atoms with E-state index in [-0.39, 0.29) is 12.5 Å². The number of hydrogen-bond donors (Lipinski definition) is 1. The molecule has 0 spiro atoms. The number of piperidine rings is 1. The van der Waals surface area contributed by atoms with Gasteiger partial charge >= 0.3 is 0 Å². The fourth-order valence-electron chi connectivity index (χ4n) is 2.35. The van der Waals surface area contributed by atoms with Gasteiger partial charge in [0.05, 0.1) is 0 Å². The van der Waals surface area contributed by atoms with Gasteiger partial charge in [-0.25, -0.2) is 4.98 Å². The van der Waals surface area contributed by atoms with Crippen LogP contribution in [0.25, 0.3) is 0 Å². The molecular weight excluding hydrogens is 230 g/mol. The van der Waals surface area contributed by atoms with Gasteiger partial charge in [0.2, 0.25) is 5.91 Å². The summed E-state index contributed by atoms with van der Waals surface area (Å²) < 4.78 is 5.18. The van der Waals surface area contributed by atoms with Crippen LogP contribution in [0.5, 0.6) is 0 Å². The molecule has 1 aromatic heterocycles. The summed E-state index contributed by atoms with van der Waals surface area (Å²) in [5, 5.41) is 0. The lowest BCUT2D eigenvalue weighted by atomic mass is 9.97. The highest BCUT2D eigenvalue weighted by Crippen LogP contribution is 2.24. The lowest BCUT2D eigenvalue weighted by molar-refractivity contribution is -0.137. The fourth-order valence-corrected chi connectivity index (χ4v) is 2.35. The average molecular weight is 251 g/mol. The first-order valence-electron chi connectivity index (χ1n) is 6.57. The highest BCUT2D eigenvalue weighted by Gasteiger charge is 2.26. The largest absolute Gasteiger partial charge is 0.372 e. The minimum Gasteiger partial charge on any atom is -0.372 e. The number of aromatic amines is 1. The smallest absolute Gasteiger partial charge is 0.248 e. The minimum atomic E-state index is 0.0878. The van der Waals surface area contributed by atoms with Crippen LogP contribution in [0, 0.1) is 6.92 Å². The molecule has 5 heteroatoms. The Kier molecular flexibility index (Phi) is 4.36. The van der Waals surface area contributed by atoms with Crippen molar-refractivity contribution < 1.29 is 9.53 Å². The van der Waals surface area contributed by atoms with Crippen LogP contribution in [-0.4, -0.2) is 47.1 Å². The normalized spacial score (nSPS) is 20.1. The molecule has 1 amide bonds. The monoisotopic (exact) mass is 251 g/mol. The molecule has 0 unspecified atom stereocenters. The lowest BCUT2D eigenvalue weighted by Gasteiger charge is -2.31. The fraction of sp³-hybridized carbons (Fsp3) is 0.692. The van der Waals surface area contributed by atoms with E-state index < -0.39 is 0 Å². The molecule has 5 nitrogen and oxygen atoms in total. The molecule has 100 valence electrons. The molecule has 0 bridgehead atoms. The molecule has 1 fully saturated rings. The van der Waals surface area contributed by atoms with E-state index in [0.29, 0.717) is 12.5 Å². The number of aromatic nitrogens is 2. The summed E-state index contributed by atoms with van der Waals surface area (Å²) >= 11 is 0. The van der Waals surface area contributed by atoms with Crippen LogP contribution in [0.4, 0.5) is 0 Å². The summed E-state index contributed by atoms with van der Waals surface area (Å²) in [5.41, 5.74) is 1.07. The molecule has 1 aliphatic rings. The van der Waals surface area contributed by atoms with E-state index in [1.807, 2.05) is 24.9 Å². The van der Waals surface area contributed by atoms with Crippen molar-refractivity contribution in [1.82, 2.24) is 14.9 Å². The Hall–Kier alpha value is -1.36. The standard InChI is InChI=1S/C13H21N3O2/c1-3-18-9-12(17)16-6-4-5-11(8-16)13-14-7-10(2)15-13/h7,11H,3-6,8-9H2,1-2H3,(H,14,15)/t11-/m1/s1. The molecule has 0 radical (unpaired) electrons. The van der Waals surface area contributed by atoms with Crippen LogP contribution in [0.15, 0.2) is 6.20 Å². The second kappa shape index (κ2) is 6.00. The number of H-pyrrole nitrogens is 1. The average Bonchev–Trinajstić information content (AvgIpc) is 2.83. The van der Waals surface area contributed by atoms with Crippen LogP contribution >= 0.6 is 0 Å². The Labute approximate surface area is 108 Å². The van der Waals surface area contributed by atoms with Gasteiger partial charge in [0.1, 0.15) is 12.4 Å². The highest BCUT2D eigenvalue weighted by molar-refractivity contribution is 5.77. The number of carbonyl (C=O) groups is 1. The molecule has 0 saturated carbocycles. The molecule has 1 saturated heterocycles. The predicted molar refractivity (Wildman–Crippen MR) is 68.4 cm³/mol. The van der Waals surface area contributed by atoms with Crippen molar-refractivity contribution >= 4 is 5.91 Å². The quantitative estimate of drug-likeness (QED) is 0.881. The Bertz CT molecular complexity index is 403. The molecule has 1 aromatic rings. The third-order valence-corrected chi connectivity index (χ3v) is 3.31. The van der Waals surface area contributed by atoms with Gasteiger partial charge in [0.25, 0.3) is 0 Å². The van der Waals surface area contributed by atoms with Gasteiger partial charge in [0.15, 0.2) is 0 Å². The highest BCUT2D eigenvalue weighted by atomic mass is 16.5.